The minimum Gasteiger partial charge on any atom is -0.490 e. The van der Waals surface area contributed by atoms with Crippen molar-refractivity contribution >= 4 is 54.9 Å². The molecule has 0 radical (unpaired) electrons. The van der Waals surface area contributed by atoms with Crippen molar-refractivity contribution in [3.05, 3.63) is 61.0 Å². The molecule has 1 aromatic heterocycles. The first-order chi connectivity index (χ1) is 17.2. The molecule has 0 aliphatic carbocycles. The largest absolute Gasteiger partial charge is 0.490 e. The number of aromatic nitrogens is 2. The van der Waals surface area contributed by atoms with Gasteiger partial charge in [-0.1, -0.05) is 29.8 Å². The fourth-order valence-corrected chi connectivity index (χ4v) is 4.34. The molecule has 0 fully saturated rings. The first-order valence-electron chi connectivity index (χ1n) is 11.8. The normalized spacial score (nSPS) is 13.1. The Kier molecular flexibility index (Phi) is 9.67. The van der Waals surface area contributed by atoms with Crippen LogP contribution in [0.25, 0.3) is 10.9 Å². The Balaban J connectivity index is 2.06. The zero-order valence-electron chi connectivity index (χ0n) is 20.9. The second-order valence-electron chi connectivity index (χ2n) is 8.08. The summed E-state index contributed by atoms with van der Waals surface area (Å²) in [6.45, 7) is 9.91. The Morgan fingerprint density at radius 1 is 1.14 bits per heavy atom. The Hall–Kier alpha value is -2.72. The van der Waals surface area contributed by atoms with Crippen molar-refractivity contribution in [1.29, 1.82) is 0 Å². The molecular formula is C26H29Br2N3O5. The number of halogens is 2. The van der Waals surface area contributed by atoms with Gasteiger partial charge in [-0.05, 0) is 79.0 Å². The SMILES string of the molecule is CCOC(=O)[C@H](C)Oc1c(Br)cc(C=Nn2c([C@H](C)CC)nc3ccc(Br)cc3c2=O)cc1OCC. The fourth-order valence-electron chi connectivity index (χ4n) is 3.43. The summed E-state index contributed by atoms with van der Waals surface area (Å²) >= 11 is 6.94. The smallest absolute Gasteiger partial charge is 0.347 e. The lowest BCUT2D eigenvalue weighted by Crippen LogP contribution is -2.26. The van der Waals surface area contributed by atoms with Gasteiger partial charge in [0.15, 0.2) is 17.6 Å². The van der Waals surface area contributed by atoms with Gasteiger partial charge in [0.2, 0.25) is 0 Å². The van der Waals surface area contributed by atoms with Crippen molar-refractivity contribution in [2.75, 3.05) is 13.2 Å². The zero-order chi connectivity index (χ0) is 26.4. The molecule has 2 atom stereocenters. The van der Waals surface area contributed by atoms with E-state index < -0.39 is 12.1 Å². The topological polar surface area (TPSA) is 92.0 Å². The molecule has 0 aliphatic heterocycles. The predicted molar refractivity (Wildman–Crippen MR) is 147 cm³/mol. The van der Waals surface area contributed by atoms with Gasteiger partial charge in [-0.2, -0.15) is 9.78 Å². The number of carbonyl (C=O) groups excluding carboxylic acids is 1. The first-order valence-corrected chi connectivity index (χ1v) is 13.3. The highest BCUT2D eigenvalue weighted by Crippen LogP contribution is 2.37. The van der Waals surface area contributed by atoms with Gasteiger partial charge in [0, 0.05) is 10.4 Å². The molecule has 2 aromatic carbocycles. The molecule has 10 heteroatoms. The van der Waals surface area contributed by atoms with Crippen LogP contribution < -0.4 is 15.0 Å². The highest BCUT2D eigenvalue weighted by Gasteiger charge is 2.21. The van der Waals surface area contributed by atoms with E-state index in [4.69, 9.17) is 19.2 Å². The van der Waals surface area contributed by atoms with Crippen LogP contribution >= 0.6 is 31.9 Å². The number of esters is 1. The molecule has 8 nitrogen and oxygen atoms in total. The molecule has 0 spiro atoms. The number of fused-ring (bicyclic) bond motifs is 1. The van der Waals surface area contributed by atoms with Crippen LogP contribution in [-0.4, -0.2) is 41.2 Å². The molecule has 0 N–H and O–H groups in total. The molecule has 1 heterocycles. The van der Waals surface area contributed by atoms with Gasteiger partial charge in [0.05, 0.1) is 34.8 Å². The molecule has 3 rings (SSSR count). The van der Waals surface area contributed by atoms with E-state index in [1.54, 1.807) is 38.3 Å². The number of rotatable bonds is 10. The molecule has 0 amide bonds. The van der Waals surface area contributed by atoms with Crippen molar-refractivity contribution in [1.82, 2.24) is 9.66 Å². The maximum Gasteiger partial charge on any atom is 0.347 e. The van der Waals surface area contributed by atoms with E-state index in [9.17, 15) is 9.59 Å². The Morgan fingerprint density at radius 2 is 1.89 bits per heavy atom. The van der Waals surface area contributed by atoms with Crippen LogP contribution in [0, 0.1) is 0 Å². The molecule has 3 aromatic rings. The van der Waals surface area contributed by atoms with Crippen LogP contribution in [-0.2, 0) is 9.53 Å². The lowest BCUT2D eigenvalue weighted by atomic mass is 10.1. The van der Waals surface area contributed by atoms with E-state index in [1.165, 1.54) is 4.68 Å². The second kappa shape index (κ2) is 12.5. The number of hydrogen-bond acceptors (Lipinski definition) is 7. The van der Waals surface area contributed by atoms with E-state index in [0.717, 1.165) is 10.9 Å². The lowest BCUT2D eigenvalue weighted by Gasteiger charge is -2.18. The molecule has 0 bridgehead atoms. The minimum atomic E-state index is -0.820. The Labute approximate surface area is 226 Å². The molecule has 0 unspecified atom stereocenters. The van der Waals surface area contributed by atoms with Gasteiger partial charge in [-0.25, -0.2) is 9.78 Å². The van der Waals surface area contributed by atoms with Crippen molar-refractivity contribution in [3.8, 4) is 11.5 Å². The van der Waals surface area contributed by atoms with Gasteiger partial charge in [0.1, 0.15) is 5.82 Å². The third-order valence-corrected chi connectivity index (χ3v) is 6.54. The molecule has 0 aliphatic rings. The summed E-state index contributed by atoms with van der Waals surface area (Å²) in [5.74, 6) is 0.947. The Bertz CT molecular complexity index is 1340. The number of benzene rings is 2. The van der Waals surface area contributed by atoms with Gasteiger partial charge >= 0.3 is 5.97 Å². The third kappa shape index (κ3) is 6.34. The van der Waals surface area contributed by atoms with E-state index in [0.29, 0.717) is 44.9 Å². The zero-order valence-corrected chi connectivity index (χ0v) is 24.1. The van der Waals surface area contributed by atoms with Gasteiger partial charge in [-0.3, -0.25) is 4.79 Å². The summed E-state index contributed by atoms with van der Waals surface area (Å²) in [5, 5.41) is 4.99. The fraction of sp³-hybridized carbons (Fsp3) is 0.385. The Morgan fingerprint density at radius 3 is 2.56 bits per heavy atom. The van der Waals surface area contributed by atoms with Crippen LogP contribution in [0.3, 0.4) is 0 Å². The van der Waals surface area contributed by atoms with Crippen LogP contribution in [0.5, 0.6) is 11.5 Å². The number of hydrogen-bond donors (Lipinski definition) is 0. The second-order valence-corrected chi connectivity index (χ2v) is 9.85. The summed E-state index contributed by atoms with van der Waals surface area (Å²) in [6, 6.07) is 8.95. The quantitative estimate of drug-likeness (QED) is 0.202. The monoisotopic (exact) mass is 621 g/mol. The van der Waals surface area contributed by atoms with E-state index in [1.807, 2.05) is 32.9 Å². The number of nitrogens with zero attached hydrogens (tertiary/aromatic N) is 3. The van der Waals surface area contributed by atoms with Gasteiger partial charge < -0.3 is 14.2 Å². The minimum absolute atomic E-state index is 0.0220. The highest BCUT2D eigenvalue weighted by atomic mass is 79.9. The number of ether oxygens (including phenoxy) is 3. The van der Waals surface area contributed by atoms with Crippen molar-refractivity contribution in [2.24, 2.45) is 5.10 Å². The van der Waals surface area contributed by atoms with E-state index in [-0.39, 0.29) is 18.1 Å². The first kappa shape index (κ1) is 27.9. The van der Waals surface area contributed by atoms with E-state index in [2.05, 4.69) is 37.0 Å². The van der Waals surface area contributed by atoms with Crippen molar-refractivity contribution in [2.45, 2.75) is 53.1 Å². The van der Waals surface area contributed by atoms with E-state index >= 15 is 0 Å². The molecule has 0 saturated heterocycles. The maximum atomic E-state index is 13.4. The lowest BCUT2D eigenvalue weighted by molar-refractivity contribution is -0.150. The molecule has 192 valence electrons. The summed E-state index contributed by atoms with van der Waals surface area (Å²) < 4.78 is 19.4. The van der Waals surface area contributed by atoms with Crippen LogP contribution in [0.15, 0.2) is 49.2 Å². The summed E-state index contributed by atoms with van der Waals surface area (Å²) in [6.07, 6.45) is 1.55. The van der Waals surface area contributed by atoms with Crippen molar-refractivity contribution < 1.29 is 19.0 Å². The van der Waals surface area contributed by atoms with Gasteiger partial charge in [-0.15, -0.1) is 0 Å². The van der Waals surface area contributed by atoms with Gasteiger partial charge in [0.25, 0.3) is 5.56 Å². The summed E-state index contributed by atoms with van der Waals surface area (Å²) in [7, 11) is 0. The third-order valence-electron chi connectivity index (χ3n) is 5.45. The number of carbonyl (C=O) groups is 1. The maximum absolute atomic E-state index is 13.4. The van der Waals surface area contributed by atoms with Crippen molar-refractivity contribution in [3.63, 3.8) is 0 Å². The molecule has 36 heavy (non-hydrogen) atoms. The van der Waals surface area contributed by atoms with Crippen LogP contribution in [0.4, 0.5) is 0 Å². The average Bonchev–Trinajstić information content (AvgIpc) is 2.85. The summed E-state index contributed by atoms with van der Waals surface area (Å²) in [4.78, 5) is 30.1. The average molecular weight is 623 g/mol. The van der Waals surface area contributed by atoms with Crippen LogP contribution in [0.1, 0.15) is 58.3 Å². The standard InChI is InChI=1S/C26H29Br2N3O5/c1-6-15(4)24-30-21-10-9-18(27)13-19(21)25(32)31(24)29-14-17-11-20(28)23(22(12-17)34-7-2)36-16(5)26(33)35-8-3/h9-16H,6-8H2,1-5H3/t15-,16+/m1/s1. The molecular weight excluding hydrogens is 594 g/mol. The summed E-state index contributed by atoms with van der Waals surface area (Å²) in [5.41, 5.74) is 1.04. The van der Waals surface area contributed by atoms with Crippen LogP contribution in [0.2, 0.25) is 0 Å². The highest BCUT2D eigenvalue weighted by molar-refractivity contribution is 9.10. The predicted octanol–water partition coefficient (Wildman–Crippen LogP) is 6.05. The molecule has 0 saturated carbocycles.